The summed E-state index contributed by atoms with van der Waals surface area (Å²) >= 11 is 0. The van der Waals surface area contributed by atoms with Gasteiger partial charge < -0.3 is 0 Å². The number of nitrogens with zero attached hydrogens (tertiary/aromatic N) is 4. The first-order valence-electron chi connectivity index (χ1n) is 8.71. The van der Waals surface area contributed by atoms with Gasteiger partial charge in [0, 0.05) is 23.0 Å². The average Bonchev–Trinajstić information content (AvgIpc) is 3.36. The van der Waals surface area contributed by atoms with Gasteiger partial charge in [0.2, 0.25) is 0 Å². The van der Waals surface area contributed by atoms with E-state index in [1.807, 2.05) is 27.3 Å². The Bertz CT molecular complexity index is 1270. The highest BCUT2D eigenvalue weighted by Crippen LogP contribution is 2.27. The van der Waals surface area contributed by atoms with Crippen molar-refractivity contribution in [1.82, 2.24) is 18.9 Å². The fourth-order valence-corrected chi connectivity index (χ4v) is 3.28. The molecule has 2 aromatic carbocycles. The summed E-state index contributed by atoms with van der Waals surface area (Å²) in [5, 5.41) is 0. The minimum atomic E-state index is -0.283. The van der Waals surface area contributed by atoms with Gasteiger partial charge in [-0.3, -0.25) is 8.97 Å². The number of hydrogen-bond donors (Lipinski definition) is 0. The highest BCUT2D eigenvalue weighted by molar-refractivity contribution is 5.68. The molecule has 0 fully saturated rings. The first-order chi connectivity index (χ1) is 13.7. The summed E-state index contributed by atoms with van der Waals surface area (Å²) in [5.74, 6) is -0.560. The molecule has 6 heteroatoms. The van der Waals surface area contributed by atoms with Gasteiger partial charge >= 0.3 is 0 Å². The van der Waals surface area contributed by atoms with E-state index < -0.39 is 0 Å². The predicted octanol–water partition coefficient (Wildman–Crippen LogP) is 5.13. The van der Waals surface area contributed by atoms with Crippen molar-refractivity contribution in [3.63, 3.8) is 0 Å². The van der Waals surface area contributed by atoms with E-state index in [1.165, 1.54) is 24.3 Å². The molecule has 28 heavy (non-hydrogen) atoms. The van der Waals surface area contributed by atoms with Gasteiger partial charge in [-0.25, -0.2) is 18.7 Å². The second kappa shape index (κ2) is 6.42. The molecule has 0 aliphatic carbocycles. The average molecular weight is 372 g/mol. The standard InChI is InChI=1S/C22H14F2N4/c23-17-4-1-15(2-5-17)21-12-26-22-10-3-16(13-27(21)22)20-11-25-14-28(20)19-8-6-18(24)7-9-19/h1-14H. The van der Waals surface area contributed by atoms with Gasteiger partial charge in [-0.15, -0.1) is 0 Å². The lowest BCUT2D eigenvalue weighted by atomic mass is 10.1. The smallest absolute Gasteiger partial charge is 0.137 e. The van der Waals surface area contributed by atoms with Gasteiger partial charge in [-0.2, -0.15) is 0 Å². The lowest BCUT2D eigenvalue weighted by molar-refractivity contribution is 0.627. The van der Waals surface area contributed by atoms with Crippen LogP contribution in [0, 0.1) is 11.6 Å². The molecule has 0 radical (unpaired) electrons. The second-order valence-corrected chi connectivity index (χ2v) is 6.42. The predicted molar refractivity (Wildman–Crippen MR) is 103 cm³/mol. The van der Waals surface area contributed by atoms with Gasteiger partial charge in [0.15, 0.2) is 0 Å². The molecule has 0 unspecified atom stereocenters. The number of fused-ring (bicyclic) bond motifs is 1. The maximum absolute atomic E-state index is 13.3. The summed E-state index contributed by atoms with van der Waals surface area (Å²) in [6.45, 7) is 0. The van der Waals surface area contributed by atoms with Crippen LogP contribution in [0.15, 0.2) is 85.6 Å². The van der Waals surface area contributed by atoms with Crippen molar-refractivity contribution < 1.29 is 8.78 Å². The Hall–Kier alpha value is -3.80. The van der Waals surface area contributed by atoms with Crippen LogP contribution in [-0.4, -0.2) is 18.9 Å². The van der Waals surface area contributed by atoms with Gasteiger partial charge in [0.05, 0.1) is 30.1 Å². The van der Waals surface area contributed by atoms with Crippen LogP contribution in [0.4, 0.5) is 8.78 Å². The van der Waals surface area contributed by atoms with Gasteiger partial charge in [0.25, 0.3) is 0 Å². The van der Waals surface area contributed by atoms with E-state index in [4.69, 9.17) is 0 Å². The molecular formula is C22H14F2N4. The maximum Gasteiger partial charge on any atom is 0.137 e. The van der Waals surface area contributed by atoms with E-state index >= 15 is 0 Å². The van der Waals surface area contributed by atoms with E-state index in [1.54, 1.807) is 43.0 Å². The maximum atomic E-state index is 13.3. The fraction of sp³-hybridized carbons (Fsp3) is 0. The van der Waals surface area contributed by atoms with E-state index in [2.05, 4.69) is 9.97 Å². The van der Waals surface area contributed by atoms with E-state index in [0.717, 1.165) is 33.8 Å². The SMILES string of the molecule is Fc1ccc(-c2cnc3ccc(-c4cncn4-c4ccc(F)cc4)cn23)cc1. The summed E-state index contributed by atoms with van der Waals surface area (Å²) in [4.78, 5) is 8.69. The van der Waals surface area contributed by atoms with E-state index in [0.29, 0.717) is 0 Å². The van der Waals surface area contributed by atoms with Crippen molar-refractivity contribution in [2.45, 2.75) is 0 Å². The molecule has 0 saturated heterocycles. The highest BCUT2D eigenvalue weighted by atomic mass is 19.1. The first kappa shape index (κ1) is 16.4. The van der Waals surface area contributed by atoms with Crippen LogP contribution in [0.1, 0.15) is 0 Å². The van der Waals surface area contributed by atoms with Crippen LogP contribution < -0.4 is 0 Å². The van der Waals surface area contributed by atoms with Crippen molar-refractivity contribution in [2.24, 2.45) is 0 Å². The monoisotopic (exact) mass is 372 g/mol. The Labute approximate surface area is 159 Å². The van der Waals surface area contributed by atoms with Crippen LogP contribution in [-0.2, 0) is 0 Å². The normalized spacial score (nSPS) is 11.2. The van der Waals surface area contributed by atoms with Crippen LogP contribution >= 0.6 is 0 Å². The third-order valence-corrected chi connectivity index (χ3v) is 4.68. The highest BCUT2D eigenvalue weighted by Gasteiger charge is 2.11. The largest absolute Gasteiger partial charge is 0.299 e. The van der Waals surface area contributed by atoms with Gasteiger partial charge in [-0.1, -0.05) is 0 Å². The van der Waals surface area contributed by atoms with Crippen LogP contribution in [0.3, 0.4) is 0 Å². The van der Waals surface area contributed by atoms with Gasteiger partial charge in [-0.05, 0) is 60.7 Å². The summed E-state index contributed by atoms with van der Waals surface area (Å²) in [6.07, 6.45) is 7.20. The fourth-order valence-electron chi connectivity index (χ4n) is 3.28. The zero-order valence-corrected chi connectivity index (χ0v) is 14.6. The number of halogens is 2. The lowest BCUT2D eigenvalue weighted by Crippen LogP contribution is -1.97. The molecule has 3 aromatic heterocycles. The van der Waals surface area contributed by atoms with E-state index in [9.17, 15) is 8.78 Å². The summed E-state index contributed by atoms with van der Waals surface area (Å²) in [5.41, 5.74) is 5.14. The summed E-state index contributed by atoms with van der Waals surface area (Å²) < 4.78 is 30.4. The molecular weight excluding hydrogens is 358 g/mol. The Balaban J connectivity index is 1.63. The van der Waals surface area contributed by atoms with E-state index in [-0.39, 0.29) is 11.6 Å². The Morgan fingerprint density at radius 3 is 2.11 bits per heavy atom. The topological polar surface area (TPSA) is 35.1 Å². The van der Waals surface area contributed by atoms with Crippen molar-refractivity contribution in [3.05, 3.63) is 97.2 Å². The molecule has 136 valence electrons. The number of hydrogen-bond acceptors (Lipinski definition) is 2. The number of aromatic nitrogens is 4. The molecule has 0 N–H and O–H groups in total. The molecule has 0 atom stereocenters. The Morgan fingerprint density at radius 1 is 0.679 bits per heavy atom. The molecule has 3 heterocycles. The van der Waals surface area contributed by atoms with Crippen molar-refractivity contribution >= 4 is 5.65 Å². The minimum absolute atomic E-state index is 0.276. The molecule has 4 nitrogen and oxygen atoms in total. The summed E-state index contributed by atoms with van der Waals surface area (Å²) in [6, 6.07) is 16.5. The zero-order chi connectivity index (χ0) is 19.1. The third kappa shape index (κ3) is 2.75. The van der Waals surface area contributed by atoms with Crippen LogP contribution in [0.2, 0.25) is 0 Å². The Morgan fingerprint density at radius 2 is 1.36 bits per heavy atom. The molecule has 0 aliphatic heterocycles. The minimum Gasteiger partial charge on any atom is -0.299 e. The quantitative estimate of drug-likeness (QED) is 0.440. The molecule has 5 aromatic rings. The molecule has 0 saturated carbocycles. The lowest BCUT2D eigenvalue weighted by Gasteiger charge is -2.10. The second-order valence-electron chi connectivity index (χ2n) is 6.42. The van der Waals surface area contributed by atoms with Crippen LogP contribution in [0.5, 0.6) is 0 Å². The van der Waals surface area contributed by atoms with Crippen molar-refractivity contribution in [1.29, 1.82) is 0 Å². The molecule has 0 bridgehead atoms. The number of imidazole rings is 2. The van der Waals surface area contributed by atoms with Crippen LogP contribution in [0.25, 0.3) is 33.8 Å². The molecule has 0 aliphatic rings. The first-order valence-corrected chi connectivity index (χ1v) is 8.71. The van der Waals surface area contributed by atoms with Crippen molar-refractivity contribution in [2.75, 3.05) is 0 Å². The molecule has 5 rings (SSSR count). The Kier molecular flexibility index (Phi) is 3.76. The zero-order valence-electron chi connectivity index (χ0n) is 14.6. The third-order valence-electron chi connectivity index (χ3n) is 4.68. The number of benzene rings is 2. The van der Waals surface area contributed by atoms with Crippen molar-refractivity contribution in [3.8, 4) is 28.2 Å². The van der Waals surface area contributed by atoms with Gasteiger partial charge in [0.1, 0.15) is 17.3 Å². The molecule has 0 amide bonds. The molecule has 0 spiro atoms. The summed E-state index contributed by atoms with van der Waals surface area (Å²) in [7, 11) is 0. The number of rotatable bonds is 3. The number of pyridine rings is 1.